The van der Waals surface area contributed by atoms with Gasteiger partial charge in [-0.25, -0.2) is 21.9 Å². The second-order valence-corrected chi connectivity index (χ2v) is 8.68. The average Bonchev–Trinajstić information content (AvgIpc) is 2.60. The molecule has 2 aromatic carbocycles. The van der Waals surface area contributed by atoms with Crippen molar-refractivity contribution in [2.75, 3.05) is 0 Å². The Bertz CT molecular complexity index is 1050. The van der Waals surface area contributed by atoms with Gasteiger partial charge in [-0.1, -0.05) is 29.3 Å². The fourth-order valence-corrected chi connectivity index (χ4v) is 3.82. The molecule has 0 radical (unpaired) electrons. The van der Waals surface area contributed by atoms with E-state index in [9.17, 15) is 22.0 Å². The molecular weight excluding hydrogens is 457 g/mol. The molecule has 2 aromatic rings. The van der Waals surface area contributed by atoms with E-state index in [-0.39, 0.29) is 20.6 Å². The predicted octanol–water partition coefficient (Wildman–Crippen LogP) is 5.46. The number of carbonyl (C=O) groups excluding carboxylic acids is 1. The number of amides is 1. The molecule has 0 unspecified atom stereocenters. The van der Waals surface area contributed by atoms with Gasteiger partial charge in [0.1, 0.15) is 22.2 Å². The van der Waals surface area contributed by atoms with Crippen molar-refractivity contribution in [2.45, 2.75) is 32.6 Å². The van der Waals surface area contributed by atoms with Crippen LogP contribution < -0.4 is 4.72 Å². The number of nitrogens with zero attached hydrogens (tertiary/aromatic N) is 1. The van der Waals surface area contributed by atoms with Crippen LogP contribution in [0.1, 0.15) is 26.3 Å². The van der Waals surface area contributed by atoms with Gasteiger partial charge in [-0.3, -0.25) is 9.79 Å². The summed E-state index contributed by atoms with van der Waals surface area (Å²) in [5, 5.41) is 0.165. The minimum atomic E-state index is -4.13. The van der Waals surface area contributed by atoms with Gasteiger partial charge in [0.05, 0.1) is 5.02 Å². The molecule has 0 aliphatic heterocycles. The van der Waals surface area contributed by atoms with Crippen molar-refractivity contribution >= 4 is 44.8 Å². The first-order chi connectivity index (χ1) is 13.9. The van der Waals surface area contributed by atoms with Crippen LogP contribution in [0.15, 0.2) is 58.1 Å². The molecule has 0 aliphatic rings. The third-order valence-electron chi connectivity index (χ3n) is 3.27. The van der Waals surface area contributed by atoms with Crippen LogP contribution in [0.25, 0.3) is 0 Å². The maximum atomic E-state index is 12.2. The van der Waals surface area contributed by atoms with E-state index < -0.39 is 27.6 Å². The Morgan fingerprint density at radius 3 is 2.10 bits per heavy atom. The van der Waals surface area contributed by atoms with Gasteiger partial charge in [0.15, 0.2) is 0 Å². The van der Waals surface area contributed by atoms with Gasteiger partial charge in [-0.2, -0.15) is 0 Å². The zero-order valence-electron chi connectivity index (χ0n) is 16.6. The lowest BCUT2D eigenvalue weighted by atomic mass is 10.2. The molecule has 1 N–H and O–H groups in total. The SMILES string of the molecule is C/C=C(\N=C(C)C)C(=O)NS(=O)(=O)c1cc(Cl)ccc1Cl.Cc1cc(F)cc(F)c1. The lowest BCUT2D eigenvalue weighted by molar-refractivity contribution is -0.115. The number of aliphatic imine (C=N–C) groups is 1. The fourth-order valence-electron chi connectivity index (χ4n) is 2.09. The van der Waals surface area contributed by atoms with Crippen LogP contribution in [-0.2, 0) is 14.8 Å². The van der Waals surface area contributed by atoms with Gasteiger partial charge >= 0.3 is 0 Å². The minimum absolute atomic E-state index is 0.00303. The van der Waals surface area contributed by atoms with Crippen LogP contribution in [-0.4, -0.2) is 20.0 Å². The topological polar surface area (TPSA) is 75.6 Å². The van der Waals surface area contributed by atoms with Crippen molar-refractivity contribution in [3.05, 3.63) is 75.4 Å². The average molecular weight is 477 g/mol. The van der Waals surface area contributed by atoms with Crippen molar-refractivity contribution in [3.63, 3.8) is 0 Å². The summed E-state index contributed by atoms with van der Waals surface area (Å²) >= 11 is 11.6. The normalized spacial score (nSPS) is 11.3. The number of halogens is 4. The molecule has 30 heavy (non-hydrogen) atoms. The second kappa shape index (κ2) is 11.2. The van der Waals surface area contributed by atoms with E-state index in [0.29, 0.717) is 11.3 Å². The number of nitrogens with one attached hydrogen (secondary N) is 1. The molecule has 0 fully saturated rings. The van der Waals surface area contributed by atoms with Gasteiger partial charge in [-0.15, -0.1) is 0 Å². The zero-order chi connectivity index (χ0) is 23.1. The molecule has 10 heteroatoms. The summed E-state index contributed by atoms with van der Waals surface area (Å²) in [7, 11) is -4.13. The van der Waals surface area contributed by atoms with Crippen molar-refractivity contribution in [1.29, 1.82) is 0 Å². The number of carbonyl (C=O) groups is 1. The fraction of sp³-hybridized carbons (Fsp3) is 0.200. The summed E-state index contributed by atoms with van der Waals surface area (Å²) in [5.41, 5.74) is 1.22. The molecule has 1 amide bonds. The predicted molar refractivity (Wildman–Crippen MR) is 115 cm³/mol. The quantitative estimate of drug-likeness (QED) is 0.470. The van der Waals surface area contributed by atoms with E-state index in [1.807, 2.05) is 4.72 Å². The van der Waals surface area contributed by atoms with Crippen LogP contribution in [0.5, 0.6) is 0 Å². The van der Waals surface area contributed by atoms with Crippen molar-refractivity contribution < 1.29 is 22.0 Å². The Morgan fingerprint density at radius 1 is 1.07 bits per heavy atom. The number of allylic oxidation sites excluding steroid dienone is 1. The number of aryl methyl sites for hydroxylation is 1. The first-order valence-corrected chi connectivity index (χ1v) is 10.7. The lowest BCUT2D eigenvalue weighted by Crippen LogP contribution is -2.31. The van der Waals surface area contributed by atoms with Gasteiger partial charge in [0.25, 0.3) is 15.9 Å². The van der Waals surface area contributed by atoms with Crippen LogP contribution in [0.3, 0.4) is 0 Å². The highest BCUT2D eigenvalue weighted by atomic mass is 35.5. The summed E-state index contributed by atoms with van der Waals surface area (Å²) in [4.78, 5) is 15.6. The van der Waals surface area contributed by atoms with E-state index in [1.165, 1.54) is 36.4 Å². The maximum Gasteiger partial charge on any atom is 0.283 e. The number of sulfonamides is 1. The highest BCUT2D eigenvalue weighted by Gasteiger charge is 2.22. The third-order valence-corrected chi connectivity index (χ3v) is 5.31. The van der Waals surface area contributed by atoms with Gasteiger partial charge in [0, 0.05) is 16.8 Å². The molecule has 0 saturated carbocycles. The smallest absolute Gasteiger partial charge is 0.266 e. The summed E-state index contributed by atoms with van der Waals surface area (Å²) in [6, 6.07) is 7.38. The molecule has 5 nitrogen and oxygen atoms in total. The van der Waals surface area contributed by atoms with Crippen LogP contribution in [0.2, 0.25) is 10.0 Å². The number of hydrogen-bond acceptors (Lipinski definition) is 4. The summed E-state index contributed by atoms with van der Waals surface area (Å²) in [6.07, 6.45) is 1.41. The van der Waals surface area contributed by atoms with Crippen LogP contribution >= 0.6 is 23.2 Å². The standard InChI is InChI=1S/C13H14Cl2N2O3S.C7H6F2/c1-4-11(16-8(2)3)13(18)17-21(19,20)12-7-9(14)5-6-10(12)15;1-5-2-6(8)4-7(9)3-5/h4-7H,1-3H3,(H,17,18);2-4H,1H3/b11-4-;. The molecule has 2 rings (SSSR count). The van der Waals surface area contributed by atoms with Crippen molar-refractivity contribution in [1.82, 2.24) is 4.72 Å². The van der Waals surface area contributed by atoms with E-state index >= 15 is 0 Å². The van der Waals surface area contributed by atoms with Crippen LogP contribution in [0, 0.1) is 18.6 Å². The highest BCUT2D eigenvalue weighted by Crippen LogP contribution is 2.25. The van der Waals surface area contributed by atoms with E-state index in [2.05, 4.69) is 4.99 Å². The Kier molecular flexibility index (Phi) is 9.61. The Balaban J connectivity index is 0.000000414. The Hall–Kier alpha value is -2.29. The van der Waals surface area contributed by atoms with E-state index in [1.54, 1.807) is 27.7 Å². The first-order valence-electron chi connectivity index (χ1n) is 8.48. The highest BCUT2D eigenvalue weighted by molar-refractivity contribution is 7.90. The number of rotatable bonds is 4. The van der Waals surface area contributed by atoms with Gasteiger partial charge in [0.2, 0.25) is 0 Å². The zero-order valence-corrected chi connectivity index (χ0v) is 19.0. The summed E-state index contributed by atoms with van der Waals surface area (Å²) in [6.45, 7) is 6.62. The largest absolute Gasteiger partial charge is 0.283 e. The Labute approximate surface area is 184 Å². The van der Waals surface area contributed by atoms with Gasteiger partial charge in [-0.05, 0) is 63.6 Å². The molecule has 0 heterocycles. The molecule has 0 aromatic heterocycles. The molecule has 0 bridgehead atoms. The van der Waals surface area contributed by atoms with E-state index in [4.69, 9.17) is 23.2 Å². The molecule has 0 saturated heterocycles. The molecule has 0 aliphatic carbocycles. The molecule has 162 valence electrons. The van der Waals surface area contributed by atoms with Crippen molar-refractivity contribution in [3.8, 4) is 0 Å². The van der Waals surface area contributed by atoms with Crippen molar-refractivity contribution in [2.24, 2.45) is 4.99 Å². The molecule has 0 spiro atoms. The lowest BCUT2D eigenvalue weighted by Gasteiger charge is -2.09. The molecule has 0 atom stereocenters. The maximum absolute atomic E-state index is 12.2. The first kappa shape index (κ1) is 25.7. The monoisotopic (exact) mass is 476 g/mol. The molecular formula is C20H20Cl2F2N2O3S. The summed E-state index contributed by atoms with van der Waals surface area (Å²) in [5.74, 6) is -1.88. The second-order valence-electron chi connectivity index (χ2n) is 6.19. The third kappa shape index (κ3) is 8.22. The van der Waals surface area contributed by atoms with Crippen LogP contribution in [0.4, 0.5) is 8.78 Å². The minimum Gasteiger partial charge on any atom is -0.266 e. The summed E-state index contributed by atoms with van der Waals surface area (Å²) < 4.78 is 50.6. The Morgan fingerprint density at radius 2 is 1.63 bits per heavy atom. The number of hydrogen-bond donors (Lipinski definition) is 1. The number of benzene rings is 2. The van der Waals surface area contributed by atoms with Gasteiger partial charge < -0.3 is 0 Å². The van der Waals surface area contributed by atoms with E-state index in [0.717, 1.165) is 6.07 Å².